The van der Waals surface area contributed by atoms with Gasteiger partial charge in [0.1, 0.15) is 5.71 Å². The van der Waals surface area contributed by atoms with Gasteiger partial charge in [0.05, 0.1) is 5.70 Å². The summed E-state index contributed by atoms with van der Waals surface area (Å²) in [6, 6.07) is 9.92. The van der Waals surface area contributed by atoms with Gasteiger partial charge < -0.3 is 4.90 Å². The number of likely N-dealkylation sites (tertiary alicyclic amines) is 1. The van der Waals surface area contributed by atoms with Gasteiger partial charge in [0.2, 0.25) is 0 Å². The monoisotopic (exact) mass is 254 g/mol. The van der Waals surface area contributed by atoms with Crippen molar-refractivity contribution in [2.24, 2.45) is 5.10 Å². The van der Waals surface area contributed by atoms with Crippen LogP contribution < -0.4 is 5.43 Å². The van der Waals surface area contributed by atoms with Crippen LogP contribution in [-0.2, 0) is 4.79 Å². The van der Waals surface area contributed by atoms with E-state index >= 15 is 0 Å². The van der Waals surface area contributed by atoms with Crippen LogP contribution in [0.1, 0.15) is 24.8 Å². The van der Waals surface area contributed by atoms with Crippen molar-refractivity contribution >= 4 is 11.6 Å². The highest BCUT2D eigenvalue weighted by atomic mass is 16.2. The molecule has 4 nitrogen and oxygen atoms in total. The number of amides is 1. The van der Waals surface area contributed by atoms with Crippen molar-refractivity contribution in [2.45, 2.75) is 19.3 Å². The summed E-state index contributed by atoms with van der Waals surface area (Å²) in [6.45, 7) is 1.98. The quantitative estimate of drug-likeness (QED) is 0.809. The van der Waals surface area contributed by atoms with Gasteiger partial charge in [-0.25, -0.2) is 0 Å². The van der Waals surface area contributed by atoms with Gasteiger partial charge in [-0.1, -0.05) is 30.3 Å². The number of piperidine rings is 1. The zero-order valence-electron chi connectivity index (χ0n) is 10.7. The van der Waals surface area contributed by atoms with Gasteiger partial charge >= 0.3 is 0 Å². The van der Waals surface area contributed by atoms with Gasteiger partial charge in [-0.05, 0) is 19.3 Å². The Labute approximate surface area is 112 Å². The van der Waals surface area contributed by atoms with Crippen LogP contribution in [0.5, 0.6) is 0 Å². The molecule has 0 unspecified atom stereocenters. The molecule has 1 saturated heterocycles. The minimum absolute atomic E-state index is 0.264. The summed E-state index contributed by atoms with van der Waals surface area (Å²) in [5.74, 6) is -0.264. The average molecular weight is 254 g/mol. The van der Waals surface area contributed by atoms with E-state index < -0.39 is 0 Å². The number of carbonyl (C=O) groups excluding carboxylic acids is 1. The van der Waals surface area contributed by atoms with Crippen molar-refractivity contribution in [3.63, 3.8) is 0 Å². The average Bonchev–Trinajstić information content (AvgIpc) is 2.49. The fraction of sp³-hybridized carbons (Fsp3) is 0.333. The second-order valence-electron chi connectivity index (χ2n) is 4.83. The highest BCUT2D eigenvalue weighted by Gasteiger charge is 2.24. The number of hydrogen-bond acceptors (Lipinski definition) is 3. The Morgan fingerprint density at radius 3 is 2.47 bits per heavy atom. The number of nitrogens with zero attached hydrogens (tertiary/aromatic N) is 3. The van der Waals surface area contributed by atoms with E-state index in [1.54, 1.807) is 6.08 Å². The largest absolute Gasteiger partial charge is 0.370 e. The molecule has 0 aromatic heterocycles. The van der Waals surface area contributed by atoms with Gasteiger partial charge in [-0.2, -0.15) is 0 Å². The van der Waals surface area contributed by atoms with Crippen molar-refractivity contribution < 1.29 is 4.79 Å². The van der Waals surface area contributed by atoms with Gasteiger partial charge in [0.25, 0.3) is 5.91 Å². The summed E-state index contributed by atoms with van der Waals surface area (Å²) in [5.41, 5.74) is 6.42. The van der Waals surface area contributed by atoms with Gasteiger partial charge in [0.15, 0.2) is 0 Å². The molecule has 1 radical (unpaired) electrons. The van der Waals surface area contributed by atoms with Gasteiger partial charge in [-0.15, -0.1) is 10.5 Å². The van der Waals surface area contributed by atoms with Crippen molar-refractivity contribution in [2.75, 3.05) is 13.1 Å². The zero-order chi connectivity index (χ0) is 13.1. The van der Waals surface area contributed by atoms with E-state index in [0.29, 0.717) is 0 Å². The zero-order valence-corrected chi connectivity index (χ0v) is 10.7. The molecule has 97 valence electrons. The Bertz CT molecular complexity index is 528. The van der Waals surface area contributed by atoms with Crippen LogP contribution in [-0.4, -0.2) is 29.6 Å². The molecule has 0 atom stereocenters. The number of carbonyl (C=O) groups is 1. The third kappa shape index (κ3) is 2.52. The third-order valence-electron chi connectivity index (χ3n) is 3.50. The lowest BCUT2D eigenvalue weighted by atomic mass is 10.0. The molecule has 0 spiro atoms. The summed E-state index contributed by atoms with van der Waals surface area (Å²) in [6.07, 6.45) is 5.22. The molecule has 0 aliphatic carbocycles. The SMILES string of the molecule is O=C1C=C(N2CCCCC2)C(c2ccccc2)=N[N]1. The van der Waals surface area contributed by atoms with Crippen molar-refractivity contribution in [1.82, 2.24) is 10.3 Å². The van der Waals surface area contributed by atoms with Crippen LogP contribution in [0.25, 0.3) is 0 Å². The maximum absolute atomic E-state index is 11.5. The first-order valence-corrected chi connectivity index (χ1v) is 6.70. The molecule has 1 amide bonds. The standard InChI is InChI=1S/C15H16N3O/c19-14-11-13(18-9-5-2-6-10-18)15(17-16-14)12-7-3-1-4-8-12/h1,3-4,7-8,11H,2,5-6,9-10H2. The predicted molar refractivity (Wildman–Crippen MR) is 73.6 cm³/mol. The Morgan fingerprint density at radius 1 is 1.00 bits per heavy atom. The summed E-state index contributed by atoms with van der Waals surface area (Å²) < 4.78 is 0. The van der Waals surface area contributed by atoms with E-state index in [2.05, 4.69) is 15.4 Å². The normalized spacial score (nSPS) is 19.6. The maximum Gasteiger partial charge on any atom is 0.290 e. The number of hydrogen-bond donors (Lipinski definition) is 0. The van der Waals surface area contributed by atoms with E-state index in [9.17, 15) is 4.79 Å². The second-order valence-corrected chi connectivity index (χ2v) is 4.83. The maximum atomic E-state index is 11.5. The Hall–Kier alpha value is -2.10. The summed E-state index contributed by atoms with van der Waals surface area (Å²) in [4.78, 5) is 13.8. The van der Waals surface area contributed by atoms with Crippen LogP contribution in [0.4, 0.5) is 0 Å². The highest BCUT2D eigenvalue weighted by molar-refractivity contribution is 6.16. The smallest absolute Gasteiger partial charge is 0.290 e. The minimum Gasteiger partial charge on any atom is -0.370 e. The number of allylic oxidation sites excluding steroid dienone is 1. The molecule has 1 aromatic rings. The van der Waals surface area contributed by atoms with E-state index in [1.165, 1.54) is 19.3 Å². The summed E-state index contributed by atoms with van der Waals surface area (Å²) >= 11 is 0. The summed E-state index contributed by atoms with van der Waals surface area (Å²) in [7, 11) is 0. The van der Waals surface area contributed by atoms with Crippen LogP contribution in [0, 0.1) is 0 Å². The number of rotatable bonds is 2. The Balaban J connectivity index is 1.93. The van der Waals surface area contributed by atoms with Crippen LogP contribution in [0.15, 0.2) is 47.2 Å². The fourth-order valence-electron chi connectivity index (χ4n) is 2.54. The van der Waals surface area contributed by atoms with E-state index in [0.717, 1.165) is 30.1 Å². The van der Waals surface area contributed by atoms with Gasteiger partial charge in [0, 0.05) is 24.7 Å². The topological polar surface area (TPSA) is 46.8 Å². The first-order chi connectivity index (χ1) is 9.34. The summed E-state index contributed by atoms with van der Waals surface area (Å²) in [5, 5.41) is 4.12. The second kappa shape index (κ2) is 5.26. The lowest BCUT2D eigenvalue weighted by molar-refractivity contribution is -0.117. The molecule has 0 N–H and O–H groups in total. The minimum atomic E-state index is -0.264. The molecule has 1 fully saturated rings. The first kappa shape index (κ1) is 12.0. The first-order valence-electron chi connectivity index (χ1n) is 6.70. The molecular formula is C15H16N3O. The third-order valence-corrected chi connectivity index (χ3v) is 3.50. The lowest BCUT2D eigenvalue weighted by Crippen LogP contribution is -2.36. The molecule has 3 rings (SSSR count). The van der Waals surface area contributed by atoms with Crippen LogP contribution in [0.3, 0.4) is 0 Å². The molecule has 2 aliphatic rings. The lowest BCUT2D eigenvalue weighted by Gasteiger charge is -2.32. The molecule has 4 heteroatoms. The van der Waals surface area contributed by atoms with E-state index in [-0.39, 0.29) is 5.91 Å². The molecular weight excluding hydrogens is 238 g/mol. The van der Waals surface area contributed by atoms with Gasteiger partial charge in [-0.3, -0.25) is 4.79 Å². The van der Waals surface area contributed by atoms with Crippen molar-refractivity contribution in [3.8, 4) is 0 Å². The predicted octanol–water partition coefficient (Wildman–Crippen LogP) is 1.91. The van der Waals surface area contributed by atoms with E-state index in [1.807, 2.05) is 30.3 Å². The Kier molecular flexibility index (Phi) is 3.31. The van der Waals surface area contributed by atoms with Crippen molar-refractivity contribution in [1.29, 1.82) is 0 Å². The molecule has 0 bridgehead atoms. The molecule has 1 aromatic carbocycles. The Morgan fingerprint density at radius 2 is 1.74 bits per heavy atom. The molecule has 2 heterocycles. The highest BCUT2D eigenvalue weighted by Crippen LogP contribution is 2.21. The van der Waals surface area contributed by atoms with Crippen LogP contribution >= 0.6 is 0 Å². The van der Waals surface area contributed by atoms with E-state index in [4.69, 9.17) is 0 Å². The fourth-order valence-corrected chi connectivity index (χ4v) is 2.54. The van der Waals surface area contributed by atoms with Crippen molar-refractivity contribution in [3.05, 3.63) is 47.7 Å². The molecule has 19 heavy (non-hydrogen) atoms. The number of benzene rings is 1. The molecule has 0 saturated carbocycles. The van der Waals surface area contributed by atoms with Crippen LogP contribution in [0.2, 0.25) is 0 Å². The molecule has 2 aliphatic heterocycles.